The molecule has 2 heterocycles. The number of aromatic nitrogens is 2. The summed E-state index contributed by atoms with van der Waals surface area (Å²) in [7, 11) is 0. The third-order valence-corrected chi connectivity index (χ3v) is 6.09. The molecule has 2 aromatic rings. The Morgan fingerprint density at radius 1 is 0.958 bits per heavy atom. The summed E-state index contributed by atoms with van der Waals surface area (Å²) in [5.41, 5.74) is 1.46. The molecule has 0 spiro atoms. The van der Waals surface area contributed by atoms with E-state index in [4.69, 9.17) is 0 Å². The smallest absolute Gasteiger partial charge is 0.131 e. The van der Waals surface area contributed by atoms with Gasteiger partial charge in [0.25, 0.3) is 0 Å². The Morgan fingerprint density at radius 3 is 2.46 bits per heavy atom. The lowest BCUT2D eigenvalue weighted by molar-refractivity contribution is 0.126. The highest BCUT2D eigenvalue weighted by Crippen LogP contribution is 2.41. The molecule has 5 heteroatoms. The number of aryl methyl sites for hydroxylation is 1. The van der Waals surface area contributed by atoms with E-state index in [2.05, 4.69) is 50.3 Å². The molecule has 1 aromatic heterocycles. The van der Waals surface area contributed by atoms with Gasteiger partial charge in [-0.15, -0.1) is 10.2 Å². The van der Waals surface area contributed by atoms with Gasteiger partial charge in [-0.3, -0.25) is 4.90 Å². The molecule has 1 saturated heterocycles. The molecule has 1 aromatic carbocycles. The van der Waals surface area contributed by atoms with Gasteiger partial charge >= 0.3 is 0 Å². The molecule has 4 rings (SSSR count). The molecule has 1 aliphatic carbocycles. The van der Waals surface area contributed by atoms with Gasteiger partial charge in [-0.1, -0.05) is 41.7 Å². The molecule has 0 radical (unpaired) electrons. The standard InChI is InChI=1S/C19H26N4S/c1-2-5-16(6-3-1)7-4-10-22-11-13-23(14-12-22)15-18-20-21-19(24-18)17-8-9-17/h1-3,5-6,17H,4,7-15H2. The maximum Gasteiger partial charge on any atom is 0.131 e. The van der Waals surface area contributed by atoms with Crippen LogP contribution >= 0.6 is 11.3 Å². The number of rotatable bonds is 7. The van der Waals surface area contributed by atoms with E-state index in [1.807, 2.05) is 11.3 Å². The Hall–Kier alpha value is -1.30. The lowest BCUT2D eigenvalue weighted by Crippen LogP contribution is -2.46. The topological polar surface area (TPSA) is 32.3 Å². The average Bonchev–Trinajstić information content (AvgIpc) is 3.37. The molecule has 0 unspecified atom stereocenters. The predicted octanol–water partition coefficient (Wildman–Crippen LogP) is 3.17. The minimum Gasteiger partial charge on any atom is -0.301 e. The van der Waals surface area contributed by atoms with Crippen LogP contribution in [-0.2, 0) is 13.0 Å². The van der Waals surface area contributed by atoms with Crippen LogP contribution in [0.3, 0.4) is 0 Å². The summed E-state index contributed by atoms with van der Waals surface area (Å²) < 4.78 is 0. The number of hydrogen-bond acceptors (Lipinski definition) is 5. The third kappa shape index (κ3) is 4.41. The van der Waals surface area contributed by atoms with E-state index in [1.54, 1.807) is 0 Å². The van der Waals surface area contributed by atoms with E-state index in [-0.39, 0.29) is 0 Å². The monoisotopic (exact) mass is 342 g/mol. The maximum atomic E-state index is 4.39. The van der Waals surface area contributed by atoms with Gasteiger partial charge in [-0.05, 0) is 37.8 Å². The molecule has 2 aliphatic rings. The van der Waals surface area contributed by atoms with Crippen molar-refractivity contribution < 1.29 is 0 Å². The normalized spacial score (nSPS) is 19.7. The number of piperazine rings is 1. The van der Waals surface area contributed by atoms with Gasteiger partial charge in [0.05, 0.1) is 6.54 Å². The van der Waals surface area contributed by atoms with Crippen LogP contribution in [0.25, 0.3) is 0 Å². The van der Waals surface area contributed by atoms with Crippen LogP contribution in [0.15, 0.2) is 30.3 Å². The van der Waals surface area contributed by atoms with Gasteiger partial charge in [0.2, 0.25) is 0 Å². The summed E-state index contributed by atoms with van der Waals surface area (Å²) in [5.74, 6) is 0.734. The SMILES string of the molecule is c1ccc(CCCN2CCN(Cc3nnc(C4CC4)s3)CC2)cc1. The Bertz CT molecular complexity index is 630. The summed E-state index contributed by atoms with van der Waals surface area (Å²) in [6.45, 7) is 6.88. The summed E-state index contributed by atoms with van der Waals surface area (Å²) in [6.07, 6.45) is 5.08. The van der Waals surface area contributed by atoms with Crippen LogP contribution in [0, 0.1) is 0 Å². The quantitative estimate of drug-likeness (QED) is 0.774. The predicted molar refractivity (Wildman–Crippen MR) is 98.4 cm³/mol. The number of hydrogen-bond donors (Lipinski definition) is 0. The highest BCUT2D eigenvalue weighted by atomic mass is 32.1. The second kappa shape index (κ2) is 7.72. The molecule has 0 N–H and O–H groups in total. The third-order valence-electron chi connectivity index (χ3n) is 5.02. The largest absolute Gasteiger partial charge is 0.301 e. The van der Waals surface area contributed by atoms with Crippen LogP contribution in [0.4, 0.5) is 0 Å². The van der Waals surface area contributed by atoms with Crippen molar-refractivity contribution in [3.05, 3.63) is 45.9 Å². The Labute approximate surface area is 148 Å². The van der Waals surface area contributed by atoms with Gasteiger partial charge < -0.3 is 4.90 Å². The van der Waals surface area contributed by atoms with Crippen molar-refractivity contribution in [1.29, 1.82) is 0 Å². The molecule has 1 aliphatic heterocycles. The van der Waals surface area contributed by atoms with Crippen LogP contribution in [0.1, 0.15) is 40.8 Å². The van der Waals surface area contributed by atoms with Crippen molar-refractivity contribution in [3.8, 4) is 0 Å². The minimum atomic E-state index is 0.734. The Balaban J connectivity index is 1.16. The molecule has 0 atom stereocenters. The number of benzene rings is 1. The van der Waals surface area contributed by atoms with E-state index in [0.29, 0.717) is 0 Å². The van der Waals surface area contributed by atoms with Crippen molar-refractivity contribution >= 4 is 11.3 Å². The lowest BCUT2D eigenvalue weighted by Gasteiger charge is -2.34. The minimum absolute atomic E-state index is 0.734. The molecule has 4 nitrogen and oxygen atoms in total. The van der Waals surface area contributed by atoms with E-state index in [1.165, 1.54) is 60.9 Å². The number of nitrogens with zero attached hydrogens (tertiary/aromatic N) is 4. The van der Waals surface area contributed by atoms with E-state index >= 15 is 0 Å². The molecule has 2 fully saturated rings. The van der Waals surface area contributed by atoms with Crippen molar-refractivity contribution in [3.63, 3.8) is 0 Å². The average molecular weight is 343 g/mol. The second-order valence-corrected chi connectivity index (χ2v) is 8.11. The maximum absolute atomic E-state index is 4.39. The van der Waals surface area contributed by atoms with E-state index in [9.17, 15) is 0 Å². The van der Waals surface area contributed by atoms with E-state index < -0.39 is 0 Å². The first-order chi connectivity index (χ1) is 11.9. The summed E-state index contributed by atoms with van der Waals surface area (Å²) in [6, 6.07) is 10.8. The van der Waals surface area contributed by atoms with Gasteiger partial charge in [-0.25, -0.2) is 0 Å². The van der Waals surface area contributed by atoms with Crippen molar-refractivity contribution in [2.45, 2.75) is 38.1 Å². The fraction of sp³-hybridized carbons (Fsp3) is 0.579. The fourth-order valence-electron chi connectivity index (χ4n) is 3.34. The van der Waals surface area contributed by atoms with Gasteiger partial charge in [0.15, 0.2) is 0 Å². The van der Waals surface area contributed by atoms with E-state index in [0.717, 1.165) is 25.6 Å². The van der Waals surface area contributed by atoms with Gasteiger partial charge in [0.1, 0.15) is 10.0 Å². The molecule has 0 bridgehead atoms. The fourth-order valence-corrected chi connectivity index (χ4v) is 4.39. The van der Waals surface area contributed by atoms with Gasteiger partial charge in [0, 0.05) is 32.1 Å². The molecule has 0 amide bonds. The zero-order valence-corrected chi connectivity index (χ0v) is 15.0. The molecular weight excluding hydrogens is 316 g/mol. The zero-order chi connectivity index (χ0) is 16.2. The molecular formula is C19H26N4S. The molecule has 1 saturated carbocycles. The first-order valence-corrected chi connectivity index (χ1v) is 9.99. The van der Waals surface area contributed by atoms with Gasteiger partial charge in [-0.2, -0.15) is 0 Å². The summed E-state index contributed by atoms with van der Waals surface area (Å²) in [5, 5.41) is 11.2. The van der Waals surface area contributed by atoms with Crippen LogP contribution < -0.4 is 0 Å². The van der Waals surface area contributed by atoms with Crippen molar-refractivity contribution in [2.75, 3.05) is 32.7 Å². The first-order valence-electron chi connectivity index (χ1n) is 9.18. The molecule has 24 heavy (non-hydrogen) atoms. The lowest BCUT2D eigenvalue weighted by atomic mass is 10.1. The summed E-state index contributed by atoms with van der Waals surface area (Å²) >= 11 is 1.83. The summed E-state index contributed by atoms with van der Waals surface area (Å²) in [4.78, 5) is 5.14. The first kappa shape index (κ1) is 16.2. The van der Waals surface area contributed by atoms with Crippen molar-refractivity contribution in [2.24, 2.45) is 0 Å². The Morgan fingerprint density at radius 2 is 1.71 bits per heavy atom. The van der Waals surface area contributed by atoms with Crippen molar-refractivity contribution in [1.82, 2.24) is 20.0 Å². The van der Waals surface area contributed by atoms with Crippen LogP contribution in [0.5, 0.6) is 0 Å². The Kier molecular flexibility index (Phi) is 5.21. The second-order valence-electron chi connectivity index (χ2n) is 7.02. The zero-order valence-electron chi connectivity index (χ0n) is 14.2. The molecule has 128 valence electrons. The van der Waals surface area contributed by atoms with Crippen LogP contribution in [-0.4, -0.2) is 52.7 Å². The highest BCUT2D eigenvalue weighted by Gasteiger charge is 2.28. The van der Waals surface area contributed by atoms with Crippen LogP contribution in [0.2, 0.25) is 0 Å². The highest BCUT2D eigenvalue weighted by molar-refractivity contribution is 7.11.